The van der Waals surface area contributed by atoms with Crippen molar-refractivity contribution in [3.8, 4) is 0 Å². The van der Waals surface area contributed by atoms with Gasteiger partial charge in [0.2, 0.25) is 15.9 Å². The van der Waals surface area contributed by atoms with Gasteiger partial charge in [0, 0.05) is 25.2 Å². The third kappa shape index (κ3) is 2.90. The normalized spacial score (nSPS) is 36.6. The molecule has 4 unspecified atom stereocenters. The Kier molecular flexibility index (Phi) is 4.49. The topological polar surface area (TPSA) is 92.5 Å². The summed E-state index contributed by atoms with van der Waals surface area (Å²) in [5.74, 6) is 1.19. The second-order valence-corrected chi connectivity index (χ2v) is 9.28. The molecule has 3 rings (SSSR count). The lowest BCUT2D eigenvalue weighted by molar-refractivity contribution is -0.128. The summed E-state index contributed by atoms with van der Waals surface area (Å²) in [5.41, 5.74) is 6.22. The molecule has 126 valence electrons. The van der Waals surface area contributed by atoms with E-state index in [-0.39, 0.29) is 29.7 Å². The van der Waals surface area contributed by atoms with E-state index in [9.17, 15) is 13.2 Å². The summed E-state index contributed by atoms with van der Waals surface area (Å²) in [7, 11) is -3.10. The fraction of sp³-hybridized carbons (Fsp3) is 0.933. The van der Waals surface area contributed by atoms with E-state index in [4.69, 9.17) is 5.73 Å². The Labute approximate surface area is 132 Å². The van der Waals surface area contributed by atoms with Crippen molar-refractivity contribution in [2.24, 2.45) is 23.5 Å². The lowest BCUT2D eigenvalue weighted by atomic mass is 9.84. The number of rotatable bonds is 4. The Morgan fingerprint density at radius 2 is 1.82 bits per heavy atom. The summed E-state index contributed by atoms with van der Waals surface area (Å²) in [6.07, 6.45) is 4.79. The van der Waals surface area contributed by atoms with Crippen molar-refractivity contribution in [3.63, 3.8) is 0 Å². The Bertz CT molecular complexity index is 526. The summed E-state index contributed by atoms with van der Waals surface area (Å²) in [5, 5.41) is 3.13. The van der Waals surface area contributed by atoms with Crippen LogP contribution in [0.5, 0.6) is 0 Å². The average Bonchev–Trinajstić information content (AvgIpc) is 3.08. The van der Waals surface area contributed by atoms with Crippen LogP contribution in [-0.2, 0) is 14.8 Å². The summed E-state index contributed by atoms with van der Waals surface area (Å²) < 4.78 is 25.2. The fourth-order valence-corrected chi connectivity index (χ4v) is 5.62. The van der Waals surface area contributed by atoms with Crippen LogP contribution in [0.3, 0.4) is 0 Å². The first-order valence-electron chi connectivity index (χ1n) is 8.46. The van der Waals surface area contributed by atoms with Gasteiger partial charge in [-0.3, -0.25) is 4.79 Å². The maximum atomic E-state index is 12.5. The van der Waals surface area contributed by atoms with Crippen LogP contribution in [0.15, 0.2) is 0 Å². The molecule has 0 aromatic carbocycles. The lowest BCUT2D eigenvalue weighted by Crippen LogP contribution is -2.51. The van der Waals surface area contributed by atoms with Gasteiger partial charge >= 0.3 is 0 Å². The highest BCUT2D eigenvalue weighted by atomic mass is 32.2. The molecule has 1 saturated heterocycles. The van der Waals surface area contributed by atoms with Crippen molar-refractivity contribution in [2.75, 3.05) is 18.8 Å². The molecule has 1 heterocycles. The zero-order valence-electron chi connectivity index (χ0n) is 13.2. The van der Waals surface area contributed by atoms with Crippen LogP contribution in [0.2, 0.25) is 0 Å². The van der Waals surface area contributed by atoms with E-state index in [0.29, 0.717) is 37.8 Å². The summed E-state index contributed by atoms with van der Waals surface area (Å²) in [6, 6.07) is 0.0986. The minimum absolute atomic E-state index is 0.0132. The van der Waals surface area contributed by atoms with Crippen molar-refractivity contribution in [2.45, 2.75) is 51.1 Å². The second-order valence-electron chi connectivity index (χ2n) is 7.02. The molecule has 7 heteroatoms. The zero-order valence-corrected chi connectivity index (χ0v) is 14.0. The van der Waals surface area contributed by atoms with E-state index < -0.39 is 10.0 Å². The lowest BCUT2D eigenvalue weighted by Gasteiger charge is -2.33. The first kappa shape index (κ1) is 16.2. The van der Waals surface area contributed by atoms with Crippen LogP contribution >= 0.6 is 0 Å². The van der Waals surface area contributed by atoms with Crippen LogP contribution in [-0.4, -0.2) is 49.6 Å². The molecule has 0 aromatic heterocycles. The van der Waals surface area contributed by atoms with Gasteiger partial charge in [0.15, 0.2) is 0 Å². The Hall–Kier alpha value is -0.660. The quantitative estimate of drug-likeness (QED) is 0.775. The minimum atomic E-state index is -3.10. The number of carbonyl (C=O) groups is 1. The number of piperidine rings is 1. The van der Waals surface area contributed by atoms with E-state index in [1.54, 1.807) is 11.2 Å². The van der Waals surface area contributed by atoms with E-state index in [0.717, 1.165) is 12.8 Å². The standard InChI is InChI=1S/C15H27N3O3S/c1-2-22(20,21)18-7-5-12(6-8-18)17-15(19)13-10-3-4-11(9-10)14(13)16/h10-14H,2-9,16H2,1H3,(H,17,19). The highest BCUT2D eigenvalue weighted by molar-refractivity contribution is 7.89. The molecule has 22 heavy (non-hydrogen) atoms. The van der Waals surface area contributed by atoms with Gasteiger partial charge in [0.05, 0.1) is 11.7 Å². The summed E-state index contributed by atoms with van der Waals surface area (Å²) in [4.78, 5) is 12.5. The van der Waals surface area contributed by atoms with Crippen molar-refractivity contribution in [1.29, 1.82) is 0 Å². The Morgan fingerprint density at radius 1 is 1.18 bits per heavy atom. The van der Waals surface area contributed by atoms with Gasteiger partial charge in [0.1, 0.15) is 0 Å². The monoisotopic (exact) mass is 329 g/mol. The number of carbonyl (C=O) groups excluding carboxylic acids is 1. The largest absolute Gasteiger partial charge is 0.353 e. The molecule has 2 aliphatic carbocycles. The minimum Gasteiger partial charge on any atom is -0.353 e. The number of sulfonamides is 1. The average molecular weight is 329 g/mol. The van der Waals surface area contributed by atoms with Crippen molar-refractivity contribution >= 4 is 15.9 Å². The van der Waals surface area contributed by atoms with Crippen LogP contribution in [0, 0.1) is 17.8 Å². The Balaban J connectivity index is 1.52. The molecule has 0 radical (unpaired) electrons. The first-order chi connectivity index (χ1) is 10.4. The molecule has 6 nitrogen and oxygen atoms in total. The van der Waals surface area contributed by atoms with Crippen molar-refractivity contribution in [3.05, 3.63) is 0 Å². The van der Waals surface area contributed by atoms with Crippen molar-refractivity contribution < 1.29 is 13.2 Å². The molecule has 3 N–H and O–H groups in total. The number of nitrogens with two attached hydrogens (primary N) is 1. The van der Waals surface area contributed by atoms with Gasteiger partial charge in [-0.1, -0.05) is 0 Å². The summed E-state index contributed by atoms with van der Waals surface area (Å²) >= 11 is 0. The van der Waals surface area contributed by atoms with Gasteiger partial charge in [-0.05, 0) is 50.9 Å². The molecule has 2 bridgehead atoms. The second kappa shape index (κ2) is 6.09. The molecule has 3 aliphatic rings. The van der Waals surface area contributed by atoms with Gasteiger partial charge in [-0.2, -0.15) is 0 Å². The van der Waals surface area contributed by atoms with E-state index in [2.05, 4.69) is 5.32 Å². The summed E-state index contributed by atoms with van der Waals surface area (Å²) in [6.45, 7) is 2.67. The maximum Gasteiger partial charge on any atom is 0.225 e. The van der Waals surface area contributed by atoms with Gasteiger partial charge in [-0.15, -0.1) is 0 Å². The first-order valence-corrected chi connectivity index (χ1v) is 10.1. The van der Waals surface area contributed by atoms with Gasteiger partial charge in [0.25, 0.3) is 0 Å². The fourth-order valence-electron chi connectivity index (χ4n) is 4.48. The predicted molar refractivity (Wildman–Crippen MR) is 84.5 cm³/mol. The van der Waals surface area contributed by atoms with E-state index in [1.807, 2.05) is 0 Å². The number of nitrogens with one attached hydrogen (secondary N) is 1. The number of fused-ring (bicyclic) bond motifs is 2. The number of hydrogen-bond acceptors (Lipinski definition) is 4. The van der Waals surface area contributed by atoms with Gasteiger partial charge in [-0.25, -0.2) is 12.7 Å². The highest BCUT2D eigenvalue weighted by Crippen LogP contribution is 2.47. The molecular weight excluding hydrogens is 302 g/mol. The number of nitrogens with zero attached hydrogens (tertiary/aromatic N) is 1. The van der Waals surface area contributed by atoms with Gasteiger partial charge < -0.3 is 11.1 Å². The Morgan fingerprint density at radius 3 is 2.36 bits per heavy atom. The highest BCUT2D eigenvalue weighted by Gasteiger charge is 2.49. The van der Waals surface area contributed by atoms with E-state index in [1.165, 1.54) is 6.42 Å². The van der Waals surface area contributed by atoms with Crippen LogP contribution in [0.4, 0.5) is 0 Å². The third-order valence-electron chi connectivity index (χ3n) is 5.84. The molecule has 4 atom stereocenters. The SMILES string of the molecule is CCS(=O)(=O)N1CCC(NC(=O)C2C3CCC(C3)C2N)CC1. The maximum absolute atomic E-state index is 12.5. The van der Waals surface area contributed by atoms with E-state index >= 15 is 0 Å². The smallest absolute Gasteiger partial charge is 0.225 e. The van der Waals surface area contributed by atoms with Crippen LogP contribution in [0.25, 0.3) is 0 Å². The predicted octanol–water partition coefficient (Wildman–Crippen LogP) is 0.290. The molecule has 3 fully saturated rings. The molecule has 1 amide bonds. The van der Waals surface area contributed by atoms with Crippen molar-refractivity contribution in [1.82, 2.24) is 9.62 Å². The number of amides is 1. The molecule has 0 spiro atoms. The third-order valence-corrected chi connectivity index (χ3v) is 7.72. The number of hydrogen-bond donors (Lipinski definition) is 2. The molecule has 1 aliphatic heterocycles. The molecule has 0 aromatic rings. The zero-order chi connectivity index (χ0) is 15.9. The van der Waals surface area contributed by atoms with Crippen LogP contribution < -0.4 is 11.1 Å². The van der Waals surface area contributed by atoms with Crippen LogP contribution in [0.1, 0.15) is 39.0 Å². The molecular formula is C15H27N3O3S. The molecule has 2 saturated carbocycles.